The summed E-state index contributed by atoms with van der Waals surface area (Å²) >= 11 is 0. The van der Waals surface area contributed by atoms with Gasteiger partial charge in [-0.05, 0) is 6.92 Å². The van der Waals surface area contributed by atoms with Crippen LogP contribution in [0.4, 0.5) is 8.78 Å². The minimum atomic E-state index is -0.926. The highest BCUT2D eigenvalue weighted by atomic mass is 19.2. The molecule has 0 aromatic rings. The van der Waals surface area contributed by atoms with Crippen LogP contribution < -0.4 is 0 Å². The lowest BCUT2D eigenvalue weighted by Gasteiger charge is -1.92. The molecule has 0 amide bonds. The van der Waals surface area contributed by atoms with Crippen LogP contribution in [0.1, 0.15) is 6.92 Å². The number of halogens is 2. The molecule has 50 valence electrons. The number of hydrogen-bond donors (Lipinski definition) is 0. The van der Waals surface area contributed by atoms with E-state index in [0.29, 0.717) is 0 Å². The van der Waals surface area contributed by atoms with Crippen molar-refractivity contribution in [3.8, 4) is 0 Å². The van der Waals surface area contributed by atoms with Crippen molar-refractivity contribution < 1.29 is 8.78 Å². The highest BCUT2D eigenvalue weighted by Crippen LogP contribution is 2.15. The molecule has 0 spiro atoms. The van der Waals surface area contributed by atoms with Gasteiger partial charge < -0.3 is 0 Å². The molecule has 0 saturated carbocycles. The van der Waals surface area contributed by atoms with Crippen LogP contribution in [0.25, 0.3) is 0 Å². The predicted octanol–water partition coefficient (Wildman–Crippen LogP) is 2.90. The van der Waals surface area contributed by atoms with Gasteiger partial charge in [0.15, 0.2) is 5.83 Å². The van der Waals surface area contributed by atoms with E-state index < -0.39 is 11.7 Å². The van der Waals surface area contributed by atoms with Gasteiger partial charge in [0, 0.05) is 5.57 Å². The zero-order valence-electron chi connectivity index (χ0n) is 5.25. The van der Waals surface area contributed by atoms with Crippen molar-refractivity contribution >= 4 is 0 Å². The third-order valence-corrected chi connectivity index (χ3v) is 0.831. The zero-order valence-corrected chi connectivity index (χ0v) is 5.25. The molecule has 0 bridgehead atoms. The SMILES string of the molecule is C=CC(=C)/C(F)=C(\C)F. The highest BCUT2D eigenvalue weighted by Gasteiger charge is 2.00. The van der Waals surface area contributed by atoms with E-state index in [9.17, 15) is 8.78 Å². The van der Waals surface area contributed by atoms with Crippen molar-refractivity contribution in [3.05, 3.63) is 36.5 Å². The number of allylic oxidation sites excluding steroid dienone is 4. The van der Waals surface area contributed by atoms with Crippen molar-refractivity contribution in [2.45, 2.75) is 6.92 Å². The largest absolute Gasteiger partial charge is 0.209 e. The molecule has 0 fully saturated rings. The molecular weight excluding hydrogens is 122 g/mol. The van der Waals surface area contributed by atoms with E-state index in [4.69, 9.17) is 0 Å². The van der Waals surface area contributed by atoms with Gasteiger partial charge in [-0.1, -0.05) is 19.2 Å². The molecule has 9 heavy (non-hydrogen) atoms. The molecule has 0 aromatic heterocycles. The second kappa shape index (κ2) is 3.17. The van der Waals surface area contributed by atoms with Crippen LogP contribution in [0.15, 0.2) is 36.5 Å². The van der Waals surface area contributed by atoms with Gasteiger partial charge in [0.25, 0.3) is 0 Å². The van der Waals surface area contributed by atoms with Crippen molar-refractivity contribution in [1.29, 1.82) is 0 Å². The number of rotatable bonds is 2. The van der Waals surface area contributed by atoms with Crippen molar-refractivity contribution in [2.24, 2.45) is 0 Å². The fourth-order valence-electron chi connectivity index (χ4n) is 0.311. The van der Waals surface area contributed by atoms with Crippen LogP contribution in [0.3, 0.4) is 0 Å². The summed E-state index contributed by atoms with van der Waals surface area (Å²) in [7, 11) is 0. The Balaban J connectivity index is 4.39. The molecule has 0 saturated heterocycles. The zero-order chi connectivity index (χ0) is 7.44. The molecule has 0 heterocycles. The van der Waals surface area contributed by atoms with E-state index in [0.717, 1.165) is 6.92 Å². The van der Waals surface area contributed by atoms with E-state index in [1.54, 1.807) is 0 Å². The van der Waals surface area contributed by atoms with Crippen LogP contribution in [-0.2, 0) is 0 Å². The van der Waals surface area contributed by atoms with Gasteiger partial charge in [-0.3, -0.25) is 0 Å². The maximum Gasteiger partial charge on any atom is 0.160 e. The third-order valence-electron chi connectivity index (χ3n) is 0.831. The Morgan fingerprint density at radius 3 is 2.00 bits per heavy atom. The molecule has 0 aliphatic carbocycles. The maximum absolute atomic E-state index is 12.3. The summed E-state index contributed by atoms with van der Waals surface area (Å²) in [6.07, 6.45) is 1.17. The normalized spacial score (nSPS) is 12.3. The summed E-state index contributed by atoms with van der Waals surface area (Å²) in [6, 6.07) is 0. The van der Waals surface area contributed by atoms with E-state index >= 15 is 0 Å². The molecule has 0 aliphatic rings. The van der Waals surface area contributed by atoms with Gasteiger partial charge in [0.05, 0.1) is 0 Å². The van der Waals surface area contributed by atoms with Gasteiger partial charge in [-0.15, -0.1) is 0 Å². The van der Waals surface area contributed by atoms with Gasteiger partial charge in [0.2, 0.25) is 0 Å². The fourth-order valence-corrected chi connectivity index (χ4v) is 0.311. The Labute approximate surface area is 53.2 Å². The molecule has 0 rings (SSSR count). The summed E-state index contributed by atoms with van der Waals surface area (Å²) < 4.78 is 24.2. The van der Waals surface area contributed by atoms with Crippen LogP contribution in [0, 0.1) is 0 Å². The average Bonchev–Trinajstić information content (AvgIpc) is 1.84. The monoisotopic (exact) mass is 130 g/mol. The smallest absolute Gasteiger partial charge is 0.160 e. The lowest BCUT2D eigenvalue weighted by atomic mass is 10.2. The molecule has 0 atom stereocenters. The molecule has 0 radical (unpaired) electrons. The minimum Gasteiger partial charge on any atom is -0.209 e. The Bertz CT molecular complexity index is 162. The van der Waals surface area contributed by atoms with E-state index in [1.807, 2.05) is 0 Å². The summed E-state index contributed by atoms with van der Waals surface area (Å²) in [4.78, 5) is 0. The first-order valence-corrected chi connectivity index (χ1v) is 2.43. The van der Waals surface area contributed by atoms with E-state index in [1.165, 1.54) is 6.08 Å². The molecule has 0 unspecified atom stereocenters. The van der Waals surface area contributed by atoms with Gasteiger partial charge in [-0.2, -0.15) is 0 Å². The summed E-state index contributed by atoms with van der Waals surface area (Å²) in [5.41, 5.74) is -0.0185. The van der Waals surface area contributed by atoms with Crippen LogP contribution in [-0.4, -0.2) is 0 Å². The highest BCUT2D eigenvalue weighted by molar-refractivity contribution is 5.32. The van der Waals surface area contributed by atoms with Crippen LogP contribution in [0.2, 0.25) is 0 Å². The quantitative estimate of drug-likeness (QED) is 0.504. The molecular formula is C7H8F2. The van der Waals surface area contributed by atoms with E-state index in [2.05, 4.69) is 13.2 Å². The average molecular weight is 130 g/mol. The maximum atomic E-state index is 12.3. The Hall–Kier alpha value is -0.920. The Kier molecular flexibility index (Phi) is 2.85. The third kappa shape index (κ3) is 2.22. The molecule has 0 nitrogen and oxygen atoms in total. The lowest BCUT2D eigenvalue weighted by molar-refractivity contribution is 0.550. The first-order valence-electron chi connectivity index (χ1n) is 2.43. The molecule has 0 N–H and O–H groups in total. The van der Waals surface area contributed by atoms with Gasteiger partial charge in [0.1, 0.15) is 5.83 Å². The number of hydrogen-bond acceptors (Lipinski definition) is 0. The first kappa shape index (κ1) is 8.08. The fraction of sp³-hybridized carbons (Fsp3) is 0.143. The second-order valence-corrected chi connectivity index (χ2v) is 1.58. The lowest BCUT2D eigenvalue weighted by Crippen LogP contribution is -1.77. The Morgan fingerprint density at radius 2 is 1.89 bits per heavy atom. The van der Waals surface area contributed by atoms with Crippen molar-refractivity contribution in [3.63, 3.8) is 0 Å². The van der Waals surface area contributed by atoms with Gasteiger partial charge in [-0.25, -0.2) is 8.78 Å². The van der Waals surface area contributed by atoms with E-state index in [-0.39, 0.29) is 5.57 Å². The Morgan fingerprint density at radius 1 is 1.44 bits per heavy atom. The summed E-state index contributed by atoms with van der Waals surface area (Å²) in [6.45, 7) is 7.46. The minimum absolute atomic E-state index is 0.0185. The van der Waals surface area contributed by atoms with Crippen LogP contribution >= 0.6 is 0 Å². The van der Waals surface area contributed by atoms with Gasteiger partial charge >= 0.3 is 0 Å². The topological polar surface area (TPSA) is 0 Å². The van der Waals surface area contributed by atoms with Crippen molar-refractivity contribution in [1.82, 2.24) is 0 Å². The van der Waals surface area contributed by atoms with Crippen LogP contribution in [0.5, 0.6) is 0 Å². The first-order chi connectivity index (χ1) is 4.09. The molecule has 0 aliphatic heterocycles. The summed E-state index contributed by atoms with van der Waals surface area (Å²) in [5.74, 6) is -1.79. The standard InChI is InChI=1S/C7H8F2/c1-4-5(2)7(9)6(3)8/h4H,1-2H2,3H3/b7-6-. The van der Waals surface area contributed by atoms with Crippen molar-refractivity contribution in [2.75, 3.05) is 0 Å². The molecule has 0 aromatic carbocycles. The summed E-state index contributed by atoms with van der Waals surface area (Å²) in [5, 5.41) is 0. The molecule has 2 heteroatoms. The second-order valence-electron chi connectivity index (χ2n) is 1.58. The predicted molar refractivity (Wildman–Crippen MR) is 34.3 cm³/mol.